The van der Waals surface area contributed by atoms with Crippen molar-refractivity contribution in [2.24, 2.45) is 0 Å². The summed E-state index contributed by atoms with van der Waals surface area (Å²) in [6.07, 6.45) is 10.8. The zero-order valence-corrected chi connectivity index (χ0v) is 23.3. The SMILES string of the molecule is CN1CCO[Si](N(C2CCCC2)[Si](C)(C)C)(N(C2CCCC2)[Si](C)(C)C)OCC1. The van der Waals surface area contributed by atoms with Crippen LogP contribution >= 0.6 is 0 Å². The molecule has 3 rings (SSSR count). The minimum Gasteiger partial charge on any atom is -0.370 e. The molecule has 2 aliphatic carbocycles. The molecule has 3 aliphatic rings. The van der Waals surface area contributed by atoms with Gasteiger partial charge in [0, 0.05) is 25.2 Å². The van der Waals surface area contributed by atoms with E-state index >= 15 is 0 Å². The first-order valence-electron chi connectivity index (χ1n) is 12.1. The molecule has 2 saturated carbocycles. The largest absolute Gasteiger partial charge is 0.509 e. The van der Waals surface area contributed by atoms with Crippen LogP contribution in [0.15, 0.2) is 0 Å². The van der Waals surface area contributed by atoms with Crippen LogP contribution in [0.2, 0.25) is 39.3 Å². The Morgan fingerprint density at radius 3 is 1.34 bits per heavy atom. The van der Waals surface area contributed by atoms with E-state index in [-0.39, 0.29) is 0 Å². The fraction of sp³-hybridized carbons (Fsp3) is 1.00. The summed E-state index contributed by atoms with van der Waals surface area (Å²) < 4.78 is 20.2. The molecule has 3 fully saturated rings. The Morgan fingerprint density at radius 2 is 1.03 bits per heavy atom. The molecule has 0 unspecified atom stereocenters. The number of likely N-dealkylation sites (N-methyl/N-ethyl adjacent to an activating group) is 1. The zero-order chi connectivity index (χ0) is 21.3. The monoisotopic (exact) mass is 457 g/mol. The second kappa shape index (κ2) is 9.52. The van der Waals surface area contributed by atoms with Gasteiger partial charge in [0.2, 0.25) is 0 Å². The van der Waals surface area contributed by atoms with Crippen LogP contribution in [0.4, 0.5) is 0 Å². The first-order chi connectivity index (χ1) is 13.6. The summed E-state index contributed by atoms with van der Waals surface area (Å²) in [6, 6.07) is 1.32. The topological polar surface area (TPSA) is 28.2 Å². The highest BCUT2D eigenvalue weighted by Gasteiger charge is 2.62. The molecule has 1 saturated heterocycles. The molecule has 0 atom stereocenters. The highest BCUT2D eigenvalue weighted by atomic mass is 28.5. The van der Waals surface area contributed by atoms with Crippen molar-refractivity contribution < 1.29 is 8.85 Å². The number of hydrogen-bond donors (Lipinski definition) is 0. The van der Waals surface area contributed by atoms with Crippen LogP contribution < -0.4 is 0 Å². The fourth-order valence-electron chi connectivity index (χ4n) is 5.95. The maximum Gasteiger partial charge on any atom is 0.509 e. The van der Waals surface area contributed by atoms with Crippen LogP contribution in [0.25, 0.3) is 0 Å². The van der Waals surface area contributed by atoms with Crippen LogP contribution in [0.3, 0.4) is 0 Å². The van der Waals surface area contributed by atoms with Gasteiger partial charge in [-0.3, -0.25) is 8.46 Å². The van der Waals surface area contributed by atoms with E-state index in [1.165, 1.54) is 51.4 Å². The number of hydrogen-bond acceptors (Lipinski definition) is 5. The lowest BCUT2D eigenvalue weighted by Gasteiger charge is -2.58. The van der Waals surface area contributed by atoms with Crippen LogP contribution in [-0.2, 0) is 8.85 Å². The van der Waals surface area contributed by atoms with E-state index < -0.39 is 25.4 Å². The van der Waals surface area contributed by atoms with Gasteiger partial charge in [0.15, 0.2) is 0 Å². The molecule has 29 heavy (non-hydrogen) atoms. The molecule has 0 aromatic heterocycles. The van der Waals surface area contributed by atoms with Crippen molar-refractivity contribution in [2.45, 2.75) is 103 Å². The zero-order valence-electron chi connectivity index (χ0n) is 20.3. The van der Waals surface area contributed by atoms with E-state index in [1.54, 1.807) is 0 Å². The quantitative estimate of drug-likeness (QED) is 0.545. The van der Waals surface area contributed by atoms with E-state index in [0.29, 0.717) is 12.1 Å². The first kappa shape index (κ1) is 24.1. The minimum absolute atomic E-state index is 0.658. The van der Waals surface area contributed by atoms with Crippen LogP contribution in [0, 0.1) is 0 Å². The Labute approximate surface area is 183 Å². The lowest BCUT2D eigenvalue weighted by Crippen LogP contribution is -2.82. The third kappa shape index (κ3) is 5.45. The molecule has 170 valence electrons. The summed E-state index contributed by atoms with van der Waals surface area (Å²) >= 11 is 0. The van der Waals surface area contributed by atoms with Crippen molar-refractivity contribution in [3.8, 4) is 0 Å². The van der Waals surface area contributed by atoms with E-state index in [2.05, 4.69) is 59.7 Å². The van der Waals surface area contributed by atoms with Crippen molar-refractivity contribution >= 4 is 25.4 Å². The third-order valence-corrected chi connectivity index (χ3v) is 19.4. The van der Waals surface area contributed by atoms with Gasteiger partial charge in [-0.2, -0.15) is 0 Å². The average molecular weight is 458 g/mol. The highest BCUT2D eigenvalue weighted by molar-refractivity contribution is 6.91. The second-order valence-corrected chi connectivity index (χ2v) is 24.7. The van der Waals surface area contributed by atoms with Crippen molar-refractivity contribution in [2.75, 3.05) is 33.4 Å². The molecule has 1 aliphatic heterocycles. The molecule has 0 bridgehead atoms. The third-order valence-electron chi connectivity index (χ3n) is 6.96. The Bertz CT molecular complexity index is 480. The molecule has 0 amide bonds. The van der Waals surface area contributed by atoms with Gasteiger partial charge in [-0.1, -0.05) is 65.0 Å². The normalized spacial score (nSPS) is 26.4. The standard InChI is InChI=1S/C21H47N3O2Si3/c1-22-16-18-25-29(26-19-17-22,23(27(2,3)4)20-12-8-9-13-20)24(28(5,6)7)21-14-10-11-15-21/h20-21H,8-19H2,1-7H3. The second-order valence-electron chi connectivity index (χ2n) is 11.5. The average Bonchev–Trinajstić information content (AvgIpc) is 3.24. The number of rotatable bonds is 6. The summed E-state index contributed by atoms with van der Waals surface area (Å²) in [5.74, 6) is 0. The molecule has 5 nitrogen and oxygen atoms in total. The smallest absolute Gasteiger partial charge is 0.370 e. The Hall–Kier alpha value is 0.451. The molecule has 0 aromatic carbocycles. The maximum atomic E-state index is 7.14. The van der Waals surface area contributed by atoms with Crippen LogP contribution in [-0.4, -0.2) is 84.2 Å². The fourth-order valence-corrected chi connectivity index (χ4v) is 20.2. The number of nitrogens with zero attached hydrogens (tertiary/aromatic N) is 3. The summed E-state index contributed by atoms with van der Waals surface area (Å²) in [5, 5.41) is 0. The van der Waals surface area contributed by atoms with Crippen LogP contribution in [0.1, 0.15) is 51.4 Å². The molecule has 0 spiro atoms. The summed E-state index contributed by atoms with van der Waals surface area (Å²) in [6.45, 7) is 18.9. The van der Waals surface area contributed by atoms with Gasteiger partial charge in [-0.05, 0) is 32.7 Å². The Balaban J connectivity index is 2.10. The maximum absolute atomic E-state index is 7.14. The molecular formula is C21H47N3O2Si3. The van der Waals surface area contributed by atoms with Gasteiger partial charge in [-0.15, -0.1) is 0 Å². The van der Waals surface area contributed by atoms with Gasteiger partial charge < -0.3 is 13.8 Å². The summed E-state index contributed by atoms with van der Waals surface area (Å²) in [4.78, 5) is 2.36. The molecule has 0 radical (unpaired) electrons. The molecule has 1 heterocycles. The van der Waals surface area contributed by atoms with E-state index in [1.807, 2.05) is 0 Å². The summed E-state index contributed by atoms with van der Waals surface area (Å²) in [7, 11) is -3.79. The predicted octanol–water partition coefficient (Wildman–Crippen LogP) is 4.56. The Morgan fingerprint density at radius 1 is 0.690 bits per heavy atom. The summed E-state index contributed by atoms with van der Waals surface area (Å²) in [5.41, 5.74) is 0. The van der Waals surface area contributed by atoms with Crippen LogP contribution in [0.5, 0.6) is 0 Å². The van der Waals surface area contributed by atoms with Gasteiger partial charge >= 0.3 is 8.88 Å². The van der Waals surface area contributed by atoms with Gasteiger partial charge in [0.05, 0.1) is 13.2 Å². The van der Waals surface area contributed by atoms with Gasteiger partial charge in [0.25, 0.3) is 0 Å². The molecular weight excluding hydrogens is 411 g/mol. The Kier molecular flexibility index (Phi) is 7.91. The molecule has 0 N–H and O–H groups in total. The highest BCUT2D eigenvalue weighted by Crippen LogP contribution is 2.40. The lowest BCUT2D eigenvalue weighted by molar-refractivity contribution is 0.0412. The van der Waals surface area contributed by atoms with Gasteiger partial charge in [0.1, 0.15) is 16.5 Å². The predicted molar refractivity (Wildman–Crippen MR) is 130 cm³/mol. The van der Waals surface area contributed by atoms with Crippen molar-refractivity contribution in [3.05, 3.63) is 0 Å². The molecule has 8 heteroatoms. The first-order valence-corrected chi connectivity index (χ1v) is 20.7. The lowest BCUT2D eigenvalue weighted by atomic mass is 10.3. The molecule has 0 aromatic rings. The van der Waals surface area contributed by atoms with Gasteiger partial charge in [-0.25, -0.2) is 0 Å². The van der Waals surface area contributed by atoms with Crippen molar-refractivity contribution in [1.82, 2.24) is 13.4 Å². The van der Waals surface area contributed by atoms with E-state index in [4.69, 9.17) is 8.85 Å². The van der Waals surface area contributed by atoms with Crippen molar-refractivity contribution in [3.63, 3.8) is 0 Å². The minimum atomic E-state index is -2.69. The van der Waals surface area contributed by atoms with Crippen molar-refractivity contribution in [1.29, 1.82) is 0 Å². The van der Waals surface area contributed by atoms with E-state index in [0.717, 1.165) is 26.3 Å². The van der Waals surface area contributed by atoms with E-state index in [9.17, 15) is 0 Å².